The van der Waals surface area contributed by atoms with Crippen molar-refractivity contribution >= 4 is 40.5 Å². The smallest absolute Gasteiger partial charge is 0.342 e. The first kappa shape index (κ1) is 20.6. The molecule has 2 aromatic carbocycles. The van der Waals surface area contributed by atoms with Gasteiger partial charge >= 0.3 is 5.97 Å². The number of anilines is 1. The standard InChI is InChI=1S/C16H12ClN3O8/c1-27-14-5-3-9(19(23)24)6-11(14)16(22)28-8-15(21)18-13-4-2-10(20(25)26)7-12(13)17/h2-7H,8H2,1H3,(H,18,21). The number of nitrogens with one attached hydrogen (secondary N) is 1. The van der Waals surface area contributed by atoms with Crippen LogP contribution in [0.15, 0.2) is 36.4 Å². The Morgan fingerprint density at radius 2 is 1.68 bits per heavy atom. The summed E-state index contributed by atoms with van der Waals surface area (Å²) in [5.74, 6) is -1.74. The Labute approximate surface area is 162 Å². The third kappa shape index (κ3) is 4.92. The number of carbonyl (C=O) groups is 2. The molecular formula is C16H12ClN3O8. The summed E-state index contributed by atoms with van der Waals surface area (Å²) in [6.07, 6.45) is 0. The van der Waals surface area contributed by atoms with E-state index < -0.39 is 28.3 Å². The van der Waals surface area contributed by atoms with Crippen LogP contribution < -0.4 is 10.1 Å². The average Bonchev–Trinajstić information content (AvgIpc) is 2.66. The summed E-state index contributed by atoms with van der Waals surface area (Å²) in [5, 5.41) is 23.8. The molecule has 146 valence electrons. The number of nitro groups is 2. The molecule has 0 unspecified atom stereocenters. The molecule has 2 rings (SSSR count). The lowest BCUT2D eigenvalue weighted by atomic mass is 10.2. The molecule has 0 aromatic heterocycles. The van der Waals surface area contributed by atoms with Crippen LogP contribution in [0.25, 0.3) is 0 Å². The number of carbonyl (C=O) groups excluding carboxylic acids is 2. The fourth-order valence-electron chi connectivity index (χ4n) is 2.08. The zero-order chi connectivity index (χ0) is 20.8. The number of halogens is 1. The predicted molar refractivity (Wildman–Crippen MR) is 96.7 cm³/mol. The van der Waals surface area contributed by atoms with Crippen molar-refractivity contribution < 1.29 is 28.9 Å². The van der Waals surface area contributed by atoms with Crippen LogP contribution >= 0.6 is 11.6 Å². The van der Waals surface area contributed by atoms with Gasteiger partial charge in [-0.3, -0.25) is 25.0 Å². The number of amides is 1. The summed E-state index contributed by atoms with van der Waals surface area (Å²) in [6.45, 7) is -0.724. The number of rotatable bonds is 7. The molecule has 1 N–H and O–H groups in total. The minimum atomic E-state index is -1.01. The highest BCUT2D eigenvalue weighted by Gasteiger charge is 2.20. The molecule has 28 heavy (non-hydrogen) atoms. The number of non-ortho nitro benzene ring substituents is 2. The van der Waals surface area contributed by atoms with Gasteiger partial charge in [0.2, 0.25) is 0 Å². The molecule has 0 radical (unpaired) electrons. The van der Waals surface area contributed by atoms with Gasteiger partial charge in [0.05, 0.1) is 27.7 Å². The Bertz CT molecular complexity index is 963. The number of benzene rings is 2. The van der Waals surface area contributed by atoms with Crippen molar-refractivity contribution in [3.63, 3.8) is 0 Å². The summed E-state index contributed by atoms with van der Waals surface area (Å²) < 4.78 is 9.79. The van der Waals surface area contributed by atoms with E-state index in [1.54, 1.807) is 0 Å². The minimum Gasteiger partial charge on any atom is -0.496 e. The van der Waals surface area contributed by atoms with Crippen molar-refractivity contribution in [3.05, 3.63) is 67.2 Å². The van der Waals surface area contributed by atoms with Crippen LogP contribution in [-0.2, 0) is 9.53 Å². The Kier molecular flexibility index (Phi) is 6.45. The maximum Gasteiger partial charge on any atom is 0.342 e. The minimum absolute atomic E-state index is 0.0365. The summed E-state index contributed by atoms with van der Waals surface area (Å²) in [5.41, 5.74) is -0.749. The SMILES string of the molecule is COc1ccc([N+](=O)[O-])cc1C(=O)OCC(=O)Nc1ccc([N+](=O)[O-])cc1Cl. The lowest BCUT2D eigenvalue weighted by molar-refractivity contribution is -0.385. The third-order valence-corrected chi connectivity index (χ3v) is 3.70. The van der Waals surface area contributed by atoms with E-state index in [1.807, 2.05) is 0 Å². The van der Waals surface area contributed by atoms with Crippen LogP contribution in [0.2, 0.25) is 5.02 Å². The molecule has 2 aromatic rings. The van der Waals surface area contributed by atoms with Crippen LogP contribution in [0.4, 0.5) is 17.1 Å². The second kappa shape index (κ2) is 8.77. The second-order valence-corrected chi connectivity index (χ2v) is 5.59. The first-order valence-corrected chi connectivity index (χ1v) is 7.84. The van der Waals surface area contributed by atoms with Crippen molar-refractivity contribution in [3.8, 4) is 5.75 Å². The summed E-state index contributed by atoms with van der Waals surface area (Å²) in [4.78, 5) is 44.2. The van der Waals surface area contributed by atoms with Gasteiger partial charge in [-0.15, -0.1) is 0 Å². The number of hydrogen-bond donors (Lipinski definition) is 1. The predicted octanol–water partition coefficient (Wildman–Crippen LogP) is 2.96. The molecule has 0 saturated carbocycles. The van der Waals surface area contributed by atoms with E-state index >= 15 is 0 Å². The van der Waals surface area contributed by atoms with Crippen LogP contribution in [0.3, 0.4) is 0 Å². The van der Waals surface area contributed by atoms with Crippen LogP contribution in [0.5, 0.6) is 5.75 Å². The summed E-state index contributed by atoms with van der Waals surface area (Å²) in [7, 11) is 1.27. The normalized spacial score (nSPS) is 10.1. The van der Waals surface area contributed by atoms with E-state index in [0.717, 1.165) is 24.3 Å². The molecule has 1 amide bonds. The first-order valence-electron chi connectivity index (χ1n) is 7.46. The highest BCUT2D eigenvalue weighted by atomic mass is 35.5. The zero-order valence-electron chi connectivity index (χ0n) is 14.2. The van der Waals surface area contributed by atoms with E-state index in [1.165, 1.54) is 19.2 Å². The quantitative estimate of drug-likeness (QED) is 0.416. The van der Waals surface area contributed by atoms with Crippen LogP contribution in [-0.4, -0.2) is 35.4 Å². The average molecular weight is 410 g/mol. The number of esters is 1. The van der Waals surface area contributed by atoms with Gasteiger partial charge in [0.1, 0.15) is 11.3 Å². The molecule has 11 nitrogen and oxygen atoms in total. The third-order valence-electron chi connectivity index (χ3n) is 3.39. The topological polar surface area (TPSA) is 151 Å². The number of ether oxygens (including phenoxy) is 2. The van der Waals surface area contributed by atoms with Gasteiger partial charge in [-0.05, 0) is 12.1 Å². The van der Waals surface area contributed by atoms with Gasteiger partial charge in [0.15, 0.2) is 6.61 Å². The fourth-order valence-corrected chi connectivity index (χ4v) is 2.31. The number of hydrogen-bond acceptors (Lipinski definition) is 8. The monoisotopic (exact) mass is 409 g/mol. The van der Waals surface area contributed by atoms with Crippen LogP contribution in [0, 0.1) is 20.2 Å². The van der Waals surface area contributed by atoms with Crippen molar-refractivity contribution in [1.29, 1.82) is 0 Å². The second-order valence-electron chi connectivity index (χ2n) is 5.19. The summed E-state index contributed by atoms with van der Waals surface area (Å²) >= 11 is 5.86. The van der Waals surface area contributed by atoms with E-state index in [4.69, 9.17) is 21.1 Å². The maximum atomic E-state index is 12.1. The van der Waals surface area contributed by atoms with Crippen LogP contribution in [0.1, 0.15) is 10.4 Å². The number of nitrogens with zero attached hydrogens (tertiary/aromatic N) is 2. The zero-order valence-corrected chi connectivity index (χ0v) is 15.0. The molecule has 0 spiro atoms. The van der Waals surface area contributed by atoms with Crippen molar-refractivity contribution in [2.45, 2.75) is 0 Å². The largest absolute Gasteiger partial charge is 0.496 e. The highest BCUT2D eigenvalue weighted by Crippen LogP contribution is 2.27. The van der Waals surface area contributed by atoms with Gasteiger partial charge in [-0.1, -0.05) is 11.6 Å². The van der Waals surface area contributed by atoms with Gasteiger partial charge in [-0.25, -0.2) is 4.79 Å². The molecule has 0 atom stereocenters. The molecular weight excluding hydrogens is 398 g/mol. The molecule has 0 aliphatic heterocycles. The lowest BCUT2D eigenvalue weighted by Crippen LogP contribution is -2.21. The number of nitro benzene ring substituents is 2. The van der Waals surface area contributed by atoms with Crippen molar-refractivity contribution in [2.75, 3.05) is 19.0 Å². The number of methoxy groups -OCH3 is 1. The summed E-state index contributed by atoms with van der Waals surface area (Å²) in [6, 6.07) is 6.76. The highest BCUT2D eigenvalue weighted by molar-refractivity contribution is 6.34. The molecule has 0 aliphatic carbocycles. The van der Waals surface area contributed by atoms with Gasteiger partial charge < -0.3 is 14.8 Å². The maximum absolute atomic E-state index is 12.1. The van der Waals surface area contributed by atoms with E-state index in [0.29, 0.717) is 0 Å². The Balaban J connectivity index is 2.05. The molecule has 0 heterocycles. The Hall–Kier alpha value is -3.73. The van der Waals surface area contributed by atoms with E-state index in [2.05, 4.69) is 5.32 Å². The molecule has 12 heteroatoms. The van der Waals surface area contributed by atoms with Crippen molar-refractivity contribution in [2.24, 2.45) is 0 Å². The van der Waals surface area contributed by atoms with E-state index in [9.17, 15) is 29.8 Å². The molecule has 0 aliphatic rings. The molecule has 0 saturated heterocycles. The van der Waals surface area contributed by atoms with E-state index in [-0.39, 0.29) is 33.4 Å². The molecule has 0 bridgehead atoms. The molecule has 0 fully saturated rings. The Morgan fingerprint density at radius 1 is 1.07 bits per heavy atom. The van der Waals surface area contributed by atoms with Gasteiger partial charge in [0.25, 0.3) is 17.3 Å². The van der Waals surface area contributed by atoms with Gasteiger partial charge in [0, 0.05) is 24.3 Å². The first-order chi connectivity index (χ1) is 13.2. The van der Waals surface area contributed by atoms with Gasteiger partial charge in [-0.2, -0.15) is 0 Å². The lowest BCUT2D eigenvalue weighted by Gasteiger charge is -2.10. The fraction of sp³-hybridized carbons (Fsp3) is 0.125. The van der Waals surface area contributed by atoms with Crippen molar-refractivity contribution in [1.82, 2.24) is 0 Å². The Morgan fingerprint density at radius 3 is 2.25 bits per heavy atom.